The smallest absolute Gasteiger partial charge is 0.155 e. The van der Waals surface area contributed by atoms with Crippen LogP contribution in [-0.4, -0.2) is 24.8 Å². The van der Waals surface area contributed by atoms with Crippen LogP contribution in [0.2, 0.25) is 0 Å². The maximum atomic E-state index is 5.06. The fourth-order valence-electron chi connectivity index (χ4n) is 8.52. The van der Waals surface area contributed by atoms with Gasteiger partial charge in [-0.3, -0.25) is 0 Å². The second-order valence-corrected chi connectivity index (χ2v) is 15.1. The Morgan fingerprint density at radius 3 is 2.40 bits per heavy atom. The van der Waals surface area contributed by atoms with Gasteiger partial charge in [0.05, 0.1) is 5.54 Å². The van der Waals surface area contributed by atoms with Crippen LogP contribution in [0.25, 0.3) is 5.57 Å². The zero-order chi connectivity index (χ0) is 28.6. The molecule has 5 heteroatoms. The Morgan fingerprint density at radius 1 is 0.905 bits per heavy atom. The number of para-hydroxylation sites is 1. The van der Waals surface area contributed by atoms with E-state index in [0.29, 0.717) is 36.2 Å². The van der Waals surface area contributed by atoms with Gasteiger partial charge >= 0.3 is 0 Å². The quantitative estimate of drug-likeness (QED) is 0.226. The third-order valence-electron chi connectivity index (χ3n) is 10.5. The van der Waals surface area contributed by atoms with E-state index in [1.165, 1.54) is 31.5 Å². The molecule has 210 valence electrons. The molecular weight excluding hydrogens is 551 g/mol. The lowest BCUT2D eigenvalue weighted by Gasteiger charge is -2.47. The van der Waals surface area contributed by atoms with E-state index in [2.05, 4.69) is 116 Å². The van der Waals surface area contributed by atoms with Crippen molar-refractivity contribution in [2.75, 3.05) is 11.6 Å². The van der Waals surface area contributed by atoms with Crippen molar-refractivity contribution in [3.8, 4) is 0 Å². The van der Waals surface area contributed by atoms with E-state index in [9.17, 15) is 0 Å². The van der Waals surface area contributed by atoms with Crippen LogP contribution in [0.4, 0.5) is 5.69 Å². The van der Waals surface area contributed by atoms with Gasteiger partial charge in [-0.15, -0.1) is 0 Å². The number of amidine groups is 1. The van der Waals surface area contributed by atoms with Gasteiger partial charge < -0.3 is 4.90 Å². The normalized spacial score (nSPS) is 30.0. The van der Waals surface area contributed by atoms with Crippen LogP contribution in [0, 0.1) is 29.1 Å². The molecule has 5 aliphatic rings. The highest BCUT2D eigenvalue weighted by Crippen LogP contribution is 2.69. The Morgan fingerprint density at radius 2 is 1.62 bits per heavy atom. The molecule has 0 N–H and O–H groups in total. The Bertz CT molecular complexity index is 1730. The first kappa shape index (κ1) is 26.4. The molecule has 0 radical (unpaired) electrons. The van der Waals surface area contributed by atoms with Gasteiger partial charge in [-0.25, -0.2) is 9.98 Å². The summed E-state index contributed by atoms with van der Waals surface area (Å²) in [6.07, 6.45) is 8.78. The van der Waals surface area contributed by atoms with Gasteiger partial charge in [-0.2, -0.15) is 0 Å². The van der Waals surface area contributed by atoms with Crippen molar-refractivity contribution < 1.29 is 0 Å². The Labute approximate surface area is 257 Å². The summed E-state index contributed by atoms with van der Waals surface area (Å²) in [6, 6.07) is 28.0. The molecule has 42 heavy (non-hydrogen) atoms. The first-order chi connectivity index (χ1) is 20.4. The van der Waals surface area contributed by atoms with E-state index < -0.39 is 0 Å². The summed E-state index contributed by atoms with van der Waals surface area (Å²) in [5.74, 6) is 2.83. The monoisotopic (exact) mass is 585 g/mol. The molecule has 5 atom stereocenters. The highest BCUT2D eigenvalue weighted by atomic mass is 32.2. The molecule has 0 spiro atoms. The number of rotatable bonds is 3. The topological polar surface area (TPSA) is 28.0 Å². The summed E-state index contributed by atoms with van der Waals surface area (Å²) in [5, 5.41) is 0. The second-order valence-electron chi connectivity index (χ2n) is 12.9. The van der Waals surface area contributed by atoms with Crippen LogP contribution in [0.15, 0.2) is 127 Å². The van der Waals surface area contributed by atoms with Crippen LogP contribution < -0.4 is 4.90 Å². The lowest BCUT2D eigenvalue weighted by molar-refractivity contribution is 0.163. The second kappa shape index (κ2) is 9.62. The summed E-state index contributed by atoms with van der Waals surface area (Å²) < 4.78 is 0. The predicted molar refractivity (Wildman–Crippen MR) is 179 cm³/mol. The fourth-order valence-corrected chi connectivity index (χ4v) is 11.3. The van der Waals surface area contributed by atoms with Crippen LogP contribution >= 0.6 is 23.5 Å². The van der Waals surface area contributed by atoms with Gasteiger partial charge in [-0.1, -0.05) is 116 Å². The zero-order valence-electron chi connectivity index (χ0n) is 24.3. The number of benzene rings is 3. The molecule has 3 aromatic carbocycles. The molecule has 0 bridgehead atoms. The van der Waals surface area contributed by atoms with E-state index in [4.69, 9.17) is 4.99 Å². The molecule has 1 fully saturated rings. The summed E-state index contributed by atoms with van der Waals surface area (Å²) in [6.45, 7) is 12.0. The standard InChI is InChI=1S/C37H35N3S2/c1-36(2)28-21-37(3)27(20-26(28)24-18-19-32-34(33(24)36)42-31-17-11-10-16-30(31)41-32)25-14-8-9-15-29(25)40(37)22-39-35(38-4)23-12-6-5-7-13-23/h5-20,24,26,28,33H,4,21-22H2,1-3H3/b39-35-/t24?,26?,28?,33?,37-/m1/s1. The van der Waals surface area contributed by atoms with Gasteiger partial charge in [0.25, 0.3) is 0 Å². The average Bonchev–Trinajstić information content (AvgIpc) is 3.39. The molecule has 3 nitrogen and oxygen atoms in total. The maximum absolute atomic E-state index is 5.06. The highest BCUT2D eigenvalue weighted by molar-refractivity contribution is 8.09. The minimum absolute atomic E-state index is 0.135. The number of fused-ring (bicyclic) bond motifs is 8. The van der Waals surface area contributed by atoms with Crippen LogP contribution in [0.3, 0.4) is 0 Å². The maximum Gasteiger partial charge on any atom is 0.155 e. The predicted octanol–water partition coefficient (Wildman–Crippen LogP) is 9.34. The average molecular weight is 586 g/mol. The van der Waals surface area contributed by atoms with Gasteiger partial charge in [0.2, 0.25) is 0 Å². The molecule has 2 heterocycles. The van der Waals surface area contributed by atoms with Gasteiger partial charge in [0.15, 0.2) is 5.84 Å². The number of allylic oxidation sites excluding steroid dienone is 4. The van der Waals surface area contributed by atoms with E-state index in [1.54, 1.807) is 4.91 Å². The Hall–Kier alpha value is -3.28. The molecule has 0 saturated heterocycles. The van der Waals surface area contributed by atoms with Gasteiger partial charge in [-0.05, 0) is 67.0 Å². The fraction of sp³-hybridized carbons (Fsp3) is 0.297. The molecule has 8 rings (SSSR count). The highest BCUT2D eigenvalue weighted by Gasteiger charge is 2.61. The molecule has 0 amide bonds. The van der Waals surface area contributed by atoms with Crippen LogP contribution in [-0.2, 0) is 0 Å². The molecule has 0 aromatic heterocycles. The SMILES string of the molecule is C=N/C(=N\CN1c2ccccc2C2=CC3C4C=CC5=C(Sc6ccccc6S5)C4C(C)(C)C3C[C@]21C)c1ccccc1. The van der Waals surface area contributed by atoms with Gasteiger partial charge in [0, 0.05) is 42.3 Å². The van der Waals surface area contributed by atoms with E-state index >= 15 is 0 Å². The van der Waals surface area contributed by atoms with E-state index in [1.807, 2.05) is 41.7 Å². The molecular formula is C37H35N3S2. The van der Waals surface area contributed by atoms with Crippen molar-refractivity contribution in [1.82, 2.24) is 0 Å². The minimum atomic E-state index is -0.135. The number of thioether (sulfide) groups is 2. The zero-order valence-corrected chi connectivity index (χ0v) is 26.0. The van der Waals surface area contributed by atoms with Crippen LogP contribution in [0.1, 0.15) is 38.3 Å². The molecule has 3 aromatic rings. The molecule has 1 saturated carbocycles. The Balaban J connectivity index is 1.19. The largest absolute Gasteiger partial charge is 0.342 e. The summed E-state index contributed by atoms with van der Waals surface area (Å²) >= 11 is 3.99. The van der Waals surface area contributed by atoms with Gasteiger partial charge in [0.1, 0.15) is 6.67 Å². The lowest BCUT2D eigenvalue weighted by Crippen LogP contribution is -2.49. The summed E-state index contributed by atoms with van der Waals surface area (Å²) in [4.78, 5) is 17.8. The number of hydrogen-bond donors (Lipinski definition) is 0. The van der Waals surface area contributed by atoms with Crippen molar-refractivity contribution in [2.45, 2.75) is 42.5 Å². The number of aliphatic imine (C=N–C) groups is 2. The molecule has 3 aliphatic carbocycles. The van der Waals surface area contributed by atoms with E-state index in [0.717, 1.165) is 12.0 Å². The van der Waals surface area contributed by atoms with Crippen molar-refractivity contribution in [1.29, 1.82) is 0 Å². The van der Waals surface area contributed by atoms with E-state index in [-0.39, 0.29) is 11.0 Å². The number of anilines is 1. The number of nitrogens with zero attached hydrogens (tertiary/aromatic N) is 3. The Kier molecular flexibility index (Phi) is 6.04. The third-order valence-corrected chi connectivity index (χ3v) is 13.2. The van der Waals surface area contributed by atoms with Crippen molar-refractivity contribution in [2.24, 2.45) is 39.1 Å². The van der Waals surface area contributed by atoms with Crippen molar-refractivity contribution in [3.63, 3.8) is 0 Å². The number of hydrogen-bond acceptors (Lipinski definition) is 4. The molecule has 2 aliphatic heterocycles. The third kappa shape index (κ3) is 3.75. The summed E-state index contributed by atoms with van der Waals surface area (Å²) in [7, 11) is 0. The first-order valence-corrected chi connectivity index (χ1v) is 16.6. The van der Waals surface area contributed by atoms with Crippen molar-refractivity contribution in [3.05, 3.63) is 118 Å². The molecule has 4 unspecified atom stereocenters. The van der Waals surface area contributed by atoms with Crippen LogP contribution in [0.5, 0.6) is 0 Å². The summed E-state index contributed by atoms with van der Waals surface area (Å²) in [5.41, 5.74) is 5.14. The minimum Gasteiger partial charge on any atom is -0.342 e. The first-order valence-electron chi connectivity index (χ1n) is 14.9. The lowest BCUT2D eigenvalue weighted by atomic mass is 9.64. The van der Waals surface area contributed by atoms with Crippen molar-refractivity contribution >= 4 is 47.3 Å².